The number of hydrogen-bond acceptors (Lipinski definition) is 3. The summed E-state index contributed by atoms with van der Waals surface area (Å²) in [6.45, 7) is 1.04. The third kappa shape index (κ3) is 3.66. The average molecular weight is 276 g/mol. The minimum absolute atomic E-state index is 0.0567. The standard InChI is InChI=1S/C15H20N2OS/c18-15(17-14-5-6-14)12-1-3-13(4-2-12)16-9-11-7-8-19-10-11/h1-4,11,14,16H,5-10H2,(H,17,18). The molecule has 2 fully saturated rings. The molecule has 3 rings (SSSR count). The highest BCUT2D eigenvalue weighted by atomic mass is 32.2. The first-order valence-corrected chi connectivity index (χ1v) is 8.19. The van der Waals surface area contributed by atoms with Crippen molar-refractivity contribution in [2.45, 2.75) is 25.3 Å². The lowest BCUT2D eigenvalue weighted by Crippen LogP contribution is -2.25. The Morgan fingerprint density at radius 2 is 2.00 bits per heavy atom. The molecule has 1 amide bonds. The molecule has 2 N–H and O–H groups in total. The summed E-state index contributed by atoms with van der Waals surface area (Å²) in [7, 11) is 0. The fraction of sp³-hybridized carbons (Fsp3) is 0.533. The molecule has 102 valence electrons. The predicted octanol–water partition coefficient (Wildman–Crippen LogP) is 2.74. The lowest BCUT2D eigenvalue weighted by Gasteiger charge is -2.11. The molecule has 1 aromatic rings. The van der Waals surface area contributed by atoms with Crippen molar-refractivity contribution in [1.29, 1.82) is 0 Å². The number of hydrogen-bond donors (Lipinski definition) is 2. The van der Waals surface area contributed by atoms with Crippen LogP contribution in [0.4, 0.5) is 5.69 Å². The number of carbonyl (C=O) groups is 1. The van der Waals surface area contributed by atoms with Gasteiger partial charge >= 0.3 is 0 Å². The van der Waals surface area contributed by atoms with Crippen LogP contribution < -0.4 is 10.6 Å². The summed E-state index contributed by atoms with van der Waals surface area (Å²) in [6.07, 6.45) is 3.58. The third-order valence-electron chi connectivity index (χ3n) is 3.68. The van der Waals surface area contributed by atoms with Crippen molar-refractivity contribution < 1.29 is 4.79 Å². The number of anilines is 1. The zero-order chi connectivity index (χ0) is 13.1. The Labute approximate surface area is 118 Å². The van der Waals surface area contributed by atoms with E-state index in [-0.39, 0.29) is 5.91 Å². The monoisotopic (exact) mass is 276 g/mol. The van der Waals surface area contributed by atoms with Crippen molar-refractivity contribution >= 4 is 23.4 Å². The van der Waals surface area contributed by atoms with Gasteiger partial charge in [-0.25, -0.2) is 0 Å². The van der Waals surface area contributed by atoms with Crippen LogP contribution in [-0.4, -0.2) is 30.0 Å². The zero-order valence-corrected chi connectivity index (χ0v) is 11.8. The molecule has 2 aliphatic rings. The highest BCUT2D eigenvalue weighted by molar-refractivity contribution is 7.99. The number of rotatable bonds is 5. The van der Waals surface area contributed by atoms with Crippen LogP contribution in [0, 0.1) is 5.92 Å². The number of nitrogens with one attached hydrogen (secondary N) is 2. The van der Waals surface area contributed by atoms with Crippen molar-refractivity contribution in [1.82, 2.24) is 5.32 Å². The summed E-state index contributed by atoms with van der Waals surface area (Å²) in [5.74, 6) is 3.42. The summed E-state index contributed by atoms with van der Waals surface area (Å²) in [5, 5.41) is 6.47. The lowest BCUT2D eigenvalue weighted by molar-refractivity contribution is 0.0951. The smallest absolute Gasteiger partial charge is 0.251 e. The summed E-state index contributed by atoms with van der Waals surface area (Å²) >= 11 is 2.04. The van der Waals surface area contributed by atoms with E-state index < -0.39 is 0 Å². The molecule has 3 nitrogen and oxygen atoms in total. The molecule has 1 aromatic carbocycles. The number of amides is 1. The largest absolute Gasteiger partial charge is 0.385 e. The van der Waals surface area contributed by atoms with Gasteiger partial charge in [-0.3, -0.25) is 4.79 Å². The average Bonchev–Trinajstić information content (AvgIpc) is 3.09. The Balaban J connectivity index is 1.51. The zero-order valence-electron chi connectivity index (χ0n) is 11.0. The van der Waals surface area contributed by atoms with Crippen LogP contribution in [0.25, 0.3) is 0 Å². The van der Waals surface area contributed by atoms with Crippen LogP contribution in [0.1, 0.15) is 29.6 Å². The Morgan fingerprint density at radius 1 is 1.21 bits per heavy atom. The SMILES string of the molecule is O=C(NC1CC1)c1ccc(NCC2CCSC2)cc1. The minimum Gasteiger partial charge on any atom is -0.385 e. The van der Waals surface area contributed by atoms with Crippen LogP contribution in [0.5, 0.6) is 0 Å². The van der Waals surface area contributed by atoms with Gasteiger partial charge in [0, 0.05) is 23.8 Å². The van der Waals surface area contributed by atoms with E-state index in [1.54, 1.807) is 0 Å². The van der Waals surface area contributed by atoms with Crippen molar-refractivity contribution in [3.63, 3.8) is 0 Å². The van der Waals surface area contributed by atoms with Gasteiger partial charge in [0.2, 0.25) is 0 Å². The van der Waals surface area contributed by atoms with Gasteiger partial charge < -0.3 is 10.6 Å². The normalized spacial score (nSPS) is 22.2. The Hall–Kier alpha value is -1.16. The van der Waals surface area contributed by atoms with Gasteiger partial charge in [-0.05, 0) is 61.0 Å². The van der Waals surface area contributed by atoms with Crippen molar-refractivity contribution in [2.75, 3.05) is 23.4 Å². The first kappa shape index (κ1) is 12.9. The quantitative estimate of drug-likeness (QED) is 0.869. The second kappa shape index (κ2) is 5.87. The van der Waals surface area contributed by atoms with Gasteiger partial charge in [-0.2, -0.15) is 11.8 Å². The van der Waals surface area contributed by atoms with E-state index >= 15 is 0 Å². The lowest BCUT2D eigenvalue weighted by atomic mass is 10.1. The molecule has 1 heterocycles. The second-order valence-corrected chi connectivity index (χ2v) is 6.59. The predicted molar refractivity (Wildman–Crippen MR) is 80.9 cm³/mol. The summed E-state index contributed by atoms with van der Waals surface area (Å²) in [5.41, 5.74) is 1.87. The van der Waals surface area contributed by atoms with Gasteiger partial charge in [-0.1, -0.05) is 0 Å². The van der Waals surface area contributed by atoms with E-state index in [2.05, 4.69) is 10.6 Å². The molecule has 0 radical (unpaired) electrons. The van der Waals surface area contributed by atoms with Crippen LogP contribution in [0.15, 0.2) is 24.3 Å². The van der Waals surface area contributed by atoms with Crippen molar-refractivity contribution in [3.8, 4) is 0 Å². The molecule has 1 saturated carbocycles. The molecule has 0 bridgehead atoms. The second-order valence-electron chi connectivity index (χ2n) is 5.44. The molecule has 1 atom stereocenters. The highest BCUT2D eigenvalue weighted by Gasteiger charge is 2.23. The van der Waals surface area contributed by atoms with E-state index in [0.717, 1.165) is 36.6 Å². The Bertz CT molecular complexity index is 436. The Kier molecular flexibility index (Phi) is 3.97. The fourth-order valence-corrected chi connectivity index (χ4v) is 3.53. The molecule has 1 aliphatic carbocycles. The maximum absolute atomic E-state index is 11.8. The van der Waals surface area contributed by atoms with Crippen molar-refractivity contribution in [3.05, 3.63) is 29.8 Å². The maximum Gasteiger partial charge on any atom is 0.251 e. The summed E-state index contributed by atoms with van der Waals surface area (Å²) < 4.78 is 0. The van der Waals surface area contributed by atoms with E-state index in [0.29, 0.717) is 6.04 Å². The molecule has 4 heteroatoms. The molecule has 1 unspecified atom stereocenters. The summed E-state index contributed by atoms with van der Waals surface area (Å²) in [4.78, 5) is 11.8. The molecular formula is C15H20N2OS. The molecule has 1 aliphatic heterocycles. The van der Waals surface area contributed by atoms with Gasteiger partial charge in [0.25, 0.3) is 5.91 Å². The van der Waals surface area contributed by atoms with E-state index in [9.17, 15) is 4.79 Å². The van der Waals surface area contributed by atoms with Gasteiger partial charge in [-0.15, -0.1) is 0 Å². The van der Waals surface area contributed by atoms with Crippen molar-refractivity contribution in [2.24, 2.45) is 5.92 Å². The van der Waals surface area contributed by atoms with Crippen LogP contribution in [0.3, 0.4) is 0 Å². The minimum atomic E-state index is 0.0567. The highest BCUT2D eigenvalue weighted by Crippen LogP contribution is 2.24. The molecule has 19 heavy (non-hydrogen) atoms. The fourth-order valence-electron chi connectivity index (χ4n) is 2.24. The van der Waals surface area contributed by atoms with Crippen LogP contribution >= 0.6 is 11.8 Å². The van der Waals surface area contributed by atoms with E-state index in [1.807, 2.05) is 36.0 Å². The Morgan fingerprint density at radius 3 is 2.63 bits per heavy atom. The molecular weight excluding hydrogens is 256 g/mol. The van der Waals surface area contributed by atoms with E-state index in [4.69, 9.17) is 0 Å². The maximum atomic E-state index is 11.8. The van der Waals surface area contributed by atoms with E-state index in [1.165, 1.54) is 17.9 Å². The van der Waals surface area contributed by atoms with Crippen LogP contribution in [-0.2, 0) is 0 Å². The van der Waals surface area contributed by atoms with Gasteiger partial charge in [0.1, 0.15) is 0 Å². The molecule has 0 aromatic heterocycles. The molecule has 1 saturated heterocycles. The van der Waals surface area contributed by atoms with Crippen LogP contribution in [0.2, 0.25) is 0 Å². The molecule has 0 spiro atoms. The first-order chi connectivity index (χ1) is 9.31. The third-order valence-corrected chi connectivity index (χ3v) is 4.91. The van der Waals surface area contributed by atoms with Gasteiger partial charge in [0.15, 0.2) is 0 Å². The number of thioether (sulfide) groups is 1. The number of benzene rings is 1. The first-order valence-electron chi connectivity index (χ1n) is 7.04. The topological polar surface area (TPSA) is 41.1 Å². The summed E-state index contributed by atoms with van der Waals surface area (Å²) in [6, 6.07) is 8.24. The number of carbonyl (C=O) groups excluding carboxylic acids is 1. The van der Waals surface area contributed by atoms with Gasteiger partial charge in [0.05, 0.1) is 0 Å².